The van der Waals surface area contributed by atoms with Gasteiger partial charge in [0.2, 0.25) is 0 Å². The molecule has 7 nitrogen and oxygen atoms in total. The van der Waals surface area contributed by atoms with Crippen LogP contribution in [0.2, 0.25) is 0 Å². The second-order valence-corrected chi connectivity index (χ2v) is 8.49. The third-order valence-corrected chi connectivity index (χ3v) is 5.24. The Morgan fingerprint density at radius 1 is 1.15 bits per heavy atom. The van der Waals surface area contributed by atoms with Gasteiger partial charge in [0.05, 0.1) is 16.9 Å². The summed E-state index contributed by atoms with van der Waals surface area (Å²) in [6.45, 7) is 3.77. The molecule has 0 spiro atoms. The summed E-state index contributed by atoms with van der Waals surface area (Å²) in [7, 11) is 1.61. The van der Waals surface area contributed by atoms with Crippen LogP contribution in [0, 0.1) is 17.0 Å². The van der Waals surface area contributed by atoms with Crippen LogP contribution in [-0.2, 0) is 0 Å². The molecule has 1 aromatic heterocycles. The average molecular weight is 456 g/mol. The summed E-state index contributed by atoms with van der Waals surface area (Å²) in [6, 6.07) is 10.9. The minimum absolute atomic E-state index is 0.0328. The van der Waals surface area contributed by atoms with E-state index in [0.717, 1.165) is 12.1 Å². The van der Waals surface area contributed by atoms with Crippen LogP contribution in [0.25, 0.3) is 11.3 Å². The summed E-state index contributed by atoms with van der Waals surface area (Å²) in [5.74, 6) is -1.96. The minimum atomic E-state index is -0.728. The summed E-state index contributed by atoms with van der Waals surface area (Å²) in [4.78, 5) is 18.2. The lowest BCUT2D eigenvalue weighted by Gasteiger charge is -2.22. The number of nitrogen functional groups attached to an aromatic ring is 1. The van der Waals surface area contributed by atoms with Crippen LogP contribution < -0.4 is 16.0 Å². The zero-order valence-corrected chi connectivity index (χ0v) is 18.6. The van der Waals surface area contributed by atoms with Crippen molar-refractivity contribution in [3.05, 3.63) is 65.7 Å². The number of aliphatic hydroxyl groups is 1. The fourth-order valence-corrected chi connectivity index (χ4v) is 3.12. The van der Waals surface area contributed by atoms with E-state index in [1.807, 2.05) is 13.8 Å². The van der Waals surface area contributed by atoms with Crippen LogP contribution in [0.3, 0.4) is 0 Å². The van der Waals surface area contributed by atoms with Gasteiger partial charge in [0.1, 0.15) is 23.2 Å². The highest BCUT2D eigenvalue weighted by Gasteiger charge is 2.20. The standard InChI is InChI=1S/C24H26F2N4O3/c1-24(2,13-31)12-28-23(33)16-6-7-19(29-22(16)27)17-11-15(5-9-21(17)32)30(3)20-8-4-14(25)10-18(20)26/h4-11,31-32H,12-13H2,1-3H3,(H2,27,29)(H,28,33). The van der Waals surface area contributed by atoms with Crippen molar-refractivity contribution in [2.75, 3.05) is 30.8 Å². The van der Waals surface area contributed by atoms with Crippen molar-refractivity contribution in [1.82, 2.24) is 10.3 Å². The molecule has 5 N–H and O–H groups in total. The number of aromatic hydroxyl groups is 1. The summed E-state index contributed by atoms with van der Waals surface area (Å²) in [6.07, 6.45) is 0. The molecule has 0 radical (unpaired) electrons. The number of nitrogens with one attached hydrogen (secondary N) is 1. The highest BCUT2D eigenvalue weighted by molar-refractivity contribution is 5.98. The van der Waals surface area contributed by atoms with Crippen LogP contribution in [0.15, 0.2) is 48.5 Å². The molecule has 0 unspecified atom stereocenters. The molecule has 0 aliphatic rings. The zero-order valence-electron chi connectivity index (χ0n) is 18.6. The molecule has 3 aromatic rings. The first kappa shape index (κ1) is 23.9. The van der Waals surface area contributed by atoms with Crippen molar-refractivity contribution < 1.29 is 23.8 Å². The van der Waals surface area contributed by atoms with Gasteiger partial charge in [0, 0.05) is 42.9 Å². The van der Waals surface area contributed by atoms with Gasteiger partial charge in [-0.25, -0.2) is 13.8 Å². The number of hydrogen-bond acceptors (Lipinski definition) is 6. The number of phenolic OH excluding ortho intramolecular Hbond substituents is 1. The van der Waals surface area contributed by atoms with Gasteiger partial charge in [-0.3, -0.25) is 4.79 Å². The maximum Gasteiger partial charge on any atom is 0.255 e. The lowest BCUT2D eigenvalue weighted by Crippen LogP contribution is -2.36. The number of aliphatic hydroxyl groups excluding tert-OH is 1. The number of phenols is 1. The van der Waals surface area contributed by atoms with Gasteiger partial charge in [-0.15, -0.1) is 0 Å². The van der Waals surface area contributed by atoms with Crippen molar-refractivity contribution >= 4 is 23.1 Å². The Labute approximate surface area is 190 Å². The molecule has 0 aliphatic carbocycles. The highest BCUT2D eigenvalue weighted by Crippen LogP contribution is 2.35. The third kappa shape index (κ3) is 5.38. The average Bonchev–Trinajstić information content (AvgIpc) is 2.77. The normalized spacial score (nSPS) is 11.3. The molecule has 174 valence electrons. The van der Waals surface area contributed by atoms with Gasteiger partial charge >= 0.3 is 0 Å². The third-order valence-electron chi connectivity index (χ3n) is 5.24. The lowest BCUT2D eigenvalue weighted by molar-refractivity contribution is 0.0911. The number of carbonyl (C=O) groups excluding carboxylic acids is 1. The topological polar surface area (TPSA) is 112 Å². The first-order chi connectivity index (χ1) is 15.5. The van der Waals surface area contributed by atoms with Gasteiger partial charge in [-0.05, 0) is 42.5 Å². The number of aromatic nitrogens is 1. The van der Waals surface area contributed by atoms with Crippen molar-refractivity contribution in [3.63, 3.8) is 0 Å². The van der Waals surface area contributed by atoms with Crippen LogP contribution >= 0.6 is 0 Å². The Hall–Kier alpha value is -3.72. The maximum atomic E-state index is 14.2. The van der Waals surface area contributed by atoms with E-state index >= 15 is 0 Å². The molecule has 0 fully saturated rings. The van der Waals surface area contributed by atoms with Gasteiger partial charge < -0.3 is 26.2 Å². The van der Waals surface area contributed by atoms with Crippen molar-refractivity contribution in [2.24, 2.45) is 5.41 Å². The molecule has 0 saturated carbocycles. The van der Waals surface area contributed by atoms with E-state index in [-0.39, 0.29) is 36.0 Å². The first-order valence-electron chi connectivity index (χ1n) is 10.2. The van der Waals surface area contributed by atoms with Crippen LogP contribution in [0.1, 0.15) is 24.2 Å². The Morgan fingerprint density at radius 2 is 1.88 bits per heavy atom. The number of amides is 1. The van der Waals surface area contributed by atoms with E-state index < -0.39 is 23.0 Å². The molecule has 9 heteroatoms. The number of pyridine rings is 1. The predicted octanol–water partition coefficient (Wildman–Crippen LogP) is 3.83. The largest absolute Gasteiger partial charge is 0.507 e. The van der Waals surface area contributed by atoms with E-state index in [0.29, 0.717) is 16.9 Å². The second kappa shape index (κ2) is 9.41. The smallest absolute Gasteiger partial charge is 0.255 e. The number of carbonyl (C=O) groups is 1. The SMILES string of the molecule is CN(c1ccc(O)c(-c2ccc(C(=O)NCC(C)(C)CO)c(N)n2)c1)c1ccc(F)cc1F. The van der Waals surface area contributed by atoms with Gasteiger partial charge in [-0.1, -0.05) is 13.8 Å². The van der Waals surface area contributed by atoms with E-state index in [9.17, 15) is 23.8 Å². The zero-order chi connectivity index (χ0) is 24.3. The van der Waals surface area contributed by atoms with Crippen LogP contribution in [0.4, 0.5) is 26.0 Å². The number of nitrogens with two attached hydrogens (primary N) is 1. The van der Waals surface area contributed by atoms with E-state index in [2.05, 4.69) is 10.3 Å². The number of anilines is 3. The number of nitrogens with zero attached hydrogens (tertiary/aromatic N) is 2. The van der Waals surface area contributed by atoms with Gasteiger partial charge in [0.25, 0.3) is 5.91 Å². The second-order valence-electron chi connectivity index (χ2n) is 8.49. The molecule has 1 amide bonds. The number of hydrogen-bond donors (Lipinski definition) is 4. The van der Waals surface area contributed by atoms with E-state index in [1.54, 1.807) is 25.2 Å². The molecule has 0 atom stereocenters. The number of benzene rings is 2. The molecule has 0 bridgehead atoms. The van der Waals surface area contributed by atoms with E-state index in [1.165, 1.54) is 23.1 Å². The van der Waals surface area contributed by atoms with Crippen molar-refractivity contribution in [3.8, 4) is 17.0 Å². The monoisotopic (exact) mass is 456 g/mol. The Morgan fingerprint density at radius 3 is 2.52 bits per heavy atom. The van der Waals surface area contributed by atoms with Gasteiger partial charge in [0.15, 0.2) is 0 Å². The van der Waals surface area contributed by atoms with Crippen molar-refractivity contribution in [1.29, 1.82) is 0 Å². The van der Waals surface area contributed by atoms with Crippen LogP contribution in [0.5, 0.6) is 5.75 Å². The fourth-order valence-electron chi connectivity index (χ4n) is 3.12. The predicted molar refractivity (Wildman–Crippen MR) is 123 cm³/mol. The highest BCUT2D eigenvalue weighted by atomic mass is 19.1. The van der Waals surface area contributed by atoms with Crippen molar-refractivity contribution in [2.45, 2.75) is 13.8 Å². The number of rotatable bonds is 7. The molecular formula is C24H26F2N4O3. The summed E-state index contributed by atoms with van der Waals surface area (Å²) in [5.41, 5.74) is 6.98. The summed E-state index contributed by atoms with van der Waals surface area (Å²) >= 11 is 0. The molecule has 0 aliphatic heterocycles. The van der Waals surface area contributed by atoms with Gasteiger partial charge in [-0.2, -0.15) is 0 Å². The first-order valence-corrected chi connectivity index (χ1v) is 10.2. The molecule has 33 heavy (non-hydrogen) atoms. The molecule has 2 aromatic carbocycles. The molecule has 1 heterocycles. The quantitative estimate of drug-likeness (QED) is 0.430. The Balaban J connectivity index is 1.89. The maximum absolute atomic E-state index is 14.2. The van der Waals surface area contributed by atoms with E-state index in [4.69, 9.17) is 5.73 Å². The minimum Gasteiger partial charge on any atom is -0.507 e. The molecule has 3 rings (SSSR count). The molecular weight excluding hydrogens is 430 g/mol. The fraction of sp³-hybridized carbons (Fsp3) is 0.250. The van der Waals surface area contributed by atoms with Crippen LogP contribution in [-0.4, -0.2) is 41.3 Å². The Bertz CT molecular complexity index is 1180. The Kier molecular flexibility index (Phi) is 6.83. The molecule has 0 saturated heterocycles. The summed E-state index contributed by atoms with van der Waals surface area (Å²) in [5, 5.41) is 22.4. The lowest BCUT2D eigenvalue weighted by atomic mass is 9.95. The summed E-state index contributed by atoms with van der Waals surface area (Å²) < 4.78 is 27.5. The number of halogens is 2.